The number of aromatic nitrogens is 3. The fourth-order valence-corrected chi connectivity index (χ4v) is 4.45. The number of nitrogens with zero attached hydrogens (tertiary/aromatic N) is 4. The Balaban J connectivity index is 1.32. The van der Waals surface area contributed by atoms with Gasteiger partial charge in [0.15, 0.2) is 0 Å². The number of benzene rings is 2. The minimum Gasteiger partial charge on any atom is -0.391 e. The Morgan fingerprint density at radius 1 is 1.09 bits per heavy atom. The second-order valence-electron chi connectivity index (χ2n) is 8.55. The number of hydrogen-bond acceptors (Lipinski definition) is 6. The predicted molar refractivity (Wildman–Crippen MR) is 115 cm³/mol. The maximum absolute atomic E-state index is 13.5. The third kappa shape index (κ3) is 4.36. The summed E-state index contributed by atoms with van der Waals surface area (Å²) < 4.78 is 33.6. The molecule has 0 radical (unpaired) electrons. The fraction of sp³-hybridized carbons (Fsp3) is 0.391. The van der Waals surface area contributed by atoms with Crippen molar-refractivity contribution in [2.75, 3.05) is 31.6 Å². The lowest BCUT2D eigenvalue weighted by atomic mass is 9.85. The van der Waals surface area contributed by atoms with E-state index in [-0.39, 0.29) is 11.6 Å². The largest absolute Gasteiger partial charge is 0.391 e. The van der Waals surface area contributed by atoms with Crippen LogP contribution in [0.3, 0.4) is 0 Å². The number of aliphatic hydroxyl groups is 1. The number of aliphatic hydroxyl groups excluding tert-OH is 1. The highest BCUT2D eigenvalue weighted by atomic mass is 19.1. The molecular formula is C23H25F2N5O2. The summed E-state index contributed by atoms with van der Waals surface area (Å²) in [5.41, 5.74) is 3.17. The molecule has 0 bridgehead atoms. The zero-order valence-corrected chi connectivity index (χ0v) is 17.7. The van der Waals surface area contributed by atoms with Crippen LogP contribution in [0.2, 0.25) is 0 Å². The third-order valence-electron chi connectivity index (χ3n) is 6.14. The Labute approximate surface area is 184 Å². The van der Waals surface area contributed by atoms with E-state index in [2.05, 4.69) is 26.4 Å². The Morgan fingerprint density at radius 2 is 1.88 bits per heavy atom. The smallest absolute Gasteiger partial charge is 0.246 e. The van der Waals surface area contributed by atoms with Crippen molar-refractivity contribution in [3.63, 3.8) is 0 Å². The summed E-state index contributed by atoms with van der Waals surface area (Å²) in [4.78, 5) is 6.52. The SMILES string of the molecule is Cc1cc(Nc2ncn(-c3cc(F)cc(F)c3)n2)cc([C@H]2CCN(C3COC3)C[C@@H]2O)c1. The van der Waals surface area contributed by atoms with Crippen molar-refractivity contribution < 1.29 is 18.6 Å². The molecule has 0 spiro atoms. The van der Waals surface area contributed by atoms with Gasteiger partial charge in [-0.05, 0) is 55.3 Å². The van der Waals surface area contributed by atoms with Crippen molar-refractivity contribution in [3.8, 4) is 5.69 Å². The topological polar surface area (TPSA) is 75.4 Å². The number of β-amino-alcohol motifs (C(OH)–C–C–N with tert-alkyl or cyclic N) is 1. The van der Waals surface area contributed by atoms with Gasteiger partial charge in [-0.15, -0.1) is 5.10 Å². The van der Waals surface area contributed by atoms with E-state index in [9.17, 15) is 13.9 Å². The van der Waals surface area contributed by atoms with Gasteiger partial charge in [0, 0.05) is 24.2 Å². The lowest BCUT2D eigenvalue weighted by Gasteiger charge is -2.43. The summed E-state index contributed by atoms with van der Waals surface area (Å²) in [5, 5.41) is 18.3. The molecule has 0 saturated carbocycles. The van der Waals surface area contributed by atoms with Gasteiger partial charge in [-0.2, -0.15) is 4.98 Å². The van der Waals surface area contributed by atoms with E-state index < -0.39 is 17.7 Å². The summed E-state index contributed by atoms with van der Waals surface area (Å²) in [6, 6.07) is 9.69. The van der Waals surface area contributed by atoms with Crippen LogP contribution in [0.25, 0.3) is 5.69 Å². The zero-order chi connectivity index (χ0) is 22.2. The molecule has 0 amide bonds. The molecule has 7 nitrogen and oxygen atoms in total. The lowest BCUT2D eigenvalue weighted by Crippen LogP contribution is -2.55. The van der Waals surface area contributed by atoms with Crippen LogP contribution in [0.4, 0.5) is 20.4 Å². The molecule has 0 aliphatic carbocycles. The summed E-state index contributed by atoms with van der Waals surface area (Å²) >= 11 is 0. The van der Waals surface area contributed by atoms with E-state index in [1.807, 2.05) is 19.1 Å². The van der Waals surface area contributed by atoms with Crippen molar-refractivity contribution >= 4 is 11.6 Å². The summed E-state index contributed by atoms with van der Waals surface area (Å²) in [6.07, 6.45) is 1.83. The Bertz CT molecular complexity index is 1100. The minimum atomic E-state index is -0.678. The fourth-order valence-electron chi connectivity index (χ4n) is 4.45. The van der Waals surface area contributed by atoms with Gasteiger partial charge in [-0.3, -0.25) is 4.90 Å². The molecule has 32 heavy (non-hydrogen) atoms. The monoisotopic (exact) mass is 441 g/mol. The molecule has 3 heterocycles. The first kappa shape index (κ1) is 21.0. The molecule has 9 heteroatoms. The number of hydrogen-bond donors (Lipinski definition) is 2. The van der Waals surface area contributed by atoms with Crippen molar-refractivity contribution in [2.45, 2.75) is 31.4 Å². The second-order valence-corrected chi connectivity index (χ2v) is 8.55. The van der Waals surface area contributed by atoms with Gasteiger partial charge in [-0.1, -0.05) is 6.07 Å². The summed E-state index contributed by atoms with van der Waals surface area (Å²) in [6.45, 7) is 5.08. The highest BCUT2D eigenvalue weighted by Gasteiger charge is 2.35. The summed E-state index contributed by atoms with van der Waals surface area (Å²) in [7, 11) is 0. The van der Waals surface area contributed by atoms with Crippen LogP contribution in [0.1, 0.15) is 23.5 Å². The van der Waals surface area contributed by atoms with E-state index in [4.69, 9.17) is 4.74 Å². The molecular weight excluding hydrogens is 416 g/mol. The van der Waals surface area contributed by atoms with Crippen molar-refractivity contribution in [3.05, 3.63) is 65.5 Å². The highest BCUT2D eigenvalue weighted by Crippen LogP contribution is 2.33. The van der Waals surface area contributed by atoms with Gasteiger partial charge in [0.05, 0.1) is 31.0 Å². The Kier molecular flexibility index (Phi) is 5.62. The maximum atomic E-state index is 13.5. The van der Waals surface area contributed by atoms with Crippen LogP contribution in [0, 0.1) is 18.6 Å². The number of aryl methyl sites for hydroxylation is 1. The van der Waals surface area contributed by atoms with Gasteiger partial charge in [0.25, 0.3) is 0 Å². The molecule has 2 aliphatic rings. The van der Waals surface area contributed by atoms with Crippen molar-refractivity contribution in [1.29, 1.82) is 0 Å². The average molecular weight is 441 g/mol. The standard InChI is InChI=1S/C23H25F2N5O2/c1-14-4-15(21-2-3-29(10-22(21)31)20-11-32-12-20)6-18(5-14)27-23-26-13-30(28-23)19-8-16(24)7-17(25)9-19/h4-9,13,20-22,31H,2-3,10-12H2,1H3,(H,27,28)/t21-,22+/m1/s1. The first-order valence-electron chi connectivity index (χ1n) is 10.7. The van der Waals surface area contributed by atoms with Crippen LogP contribution in [-0.2, 0) is 4.74 Å². The molecule has 0 unspecified atom stereocenters. The van der Waals surface area contributed by atoms with E-state index >= 15 is 0 Å². The van der Waals surface area contributed by atoms with Gasteiger partial charge < -0.3 is 15.2 Å². The molecule has 2 saturated heterocycles. The van der Waals surface area contributed by atoms with Crippen LogP contribution >= 0.6 is 0 Å². The van der Waals surface area contributed by atoms with Gasteiger partial charge in [0.1, 0.15) is 18.0 Å². The van der Waals surface area contributed by atoms with E-state index in [0.717, 1.165) is 49.1 Å². The molecule has 2 fully saturated rings. The molecule has 2 N–H and O–H groups in total. The van der Waals surface area contributed by atoms with Crippen molar-refractivity contribution in [2.24, 2.45) is 0 Å². The third-order valence-corrected chi connectivity index (χ3v) is 6.14. The molecule has 2 atom stereocenters. The van der Waals surface area contributed by atoms with Crippen molar-refractivity contribution in [1.82, 2.24) is 19.7 Å². The number of rotatable bonds is 5. The minimum absolute atomic E-state index is 0.0495. The molecule has 3 aromatic rings. The highest BCUT2D eigenvalue weighted by molar-refractivity contribution is 5.56. The molecule has 168 valence electrons. The van der Waals surface area contributed by atoms with E-state index in [1.54, 1.807) is 0 Å². The zero-order valence-electron chi connectivity index (χ0n) is 17.7. The first-order valence-corrected chi connectivity index (χ1v) is 10.7. The van der Waals surface area contributed by atoms with Crippen LogP contribution < -0.4 is 5.32 Å². The van der Waals surface area contributed by atoms with Crippen LogP contribution in [0.5, 0.6) is 0 Å². The Hall–Kier alpha value is -2.88. The number of nitrogens with one attached hydrogen (secondary N) is 1. The molecule has 1 aromatic heterocycles. The van der Waals surface area contributed by atoms with Gasteiger partial charge in [0.2, 0.25) is 5.95 Å². The first-order chi connectivity index (χ1) is 15.4. The van der Waals surface area contributed by atoms with E-state index in [1.165, 1.54) is 23.1 Å². The number of anilines is 2. The van der Waals surface area contributed by atoms with Crippen LogP contribution in [0.15, 0.2) is 42.7 Å². The Morgan fingerprint density at radius 3 is 2.56 bits per heavy atom. The number of piperidine rings is 1. The summed E-state index contributed by atoms with van der Waals surface area (Å²) in [5.74, 6) is -0.995. The second kappa shape index (κ2) is 8.57. The normalized spacial score (nSPS) is 22.0. The lowest BCUT2D eigenvalue weighted by molar-refractivity contribution is -0.0888. The quantitative estimate of drug-likeness (QED) is 0.634. The predicted octanol–water partition coefficient (Wildman–Crippen LogP) is 3.15. The maximum Gasteiger partial charge on any atom is 0.246 e. The molecule has 2 aromatic carbocycles. The molecule has 5 rings (SSSR count). The van der Waals surface area contributed by atoms with Crippen LogP contribution in [-0.4, -0.2) is 63.2 Å². The number of ether oxygens (including phenoxy) is 1. The average Bonchev–Trinajstić information content (AvgIpc) is 3.14. The van der Waals surface area contributed by atoms with E-state index in [0.29, 0.717) is 18.5 Å². The van der Waals surface area contributed by atoms with Gasteiger partial charge in [-0.25, -0.2) is 13.5 Å². The number of halogens is 2. The molecule has 2 aliphatic heterocycles. The number of likely N-dealkylation sites (tertiary alicyclic amines) is 1. The van der Waals surface area contributed by atoms with Gasteiger partial charge >= 0.3 is 0 Å².